The molecule has 0 aliphatic heterocycles. The van der Waals surface area contributed by atoms with Gasteiger partial charge in [-0.15, -0.1) is 0 Å². The first-order chi connectivity index (χ1) is 4.79. The largest absolute Gasteiger partial charge is 0.473 e. The van der Waals surface area contributed by atoms with Crippen LogP contribution in [0.3, 0.4) is 0 Å². The Hall–Kier alpha value is -1.03. The average Bonchev–Trinajstić information content (AvgIpc) is 1.88. The zero-order valence-electron chi connectivity index (χ0n) is 5.02. The number of pyridine rings is 1. The van der Waals surface area contributed by atoms with Gasteiger partial charge in [0.25, 0.3) is 0 Å². The van der Waals surface area contributed by atoms with Crippen LogP contribution in [0.25, 0.3) is 0 Å². The zero-order chi connectivity index (χ0) is 7.40. The maximum absolute atomic E-state index is 10.1. The molecule has 1 rings (SSSR count). The van der Waals surface area contributed by atoms with Gasteiger partial charge in [-0.1, -0.05) is 0 Å². The Bertz CT molecular complexity index is 224. The zero-order valence-corrected chi connectivity index (χ0v) is 5.84. The van der Waals surface area contributed by atoms with Gasteiger partial charge >= 0.3 is 5.30 Å². The number of nitrogens with zero attached hydrogens (tertiary/aromatic N) is 1. The van der Waals surface area contributed by atoms with Crippen LogP contribution in [0.15, 0.2) is 29.4 Å². The molecule has 1 aromatic rings. The molecule has 10 heavy (non-hydrogen) atoms. The van der Waals surface area contributed by atoms with E-state index < -0.39 is 5.30 Å². The molecule has 0 aliphatic carbocycles. The van der Waals surface area contributed by atoms with Crippen molar-refractivity contribution >= 4 is 17.1 Å². The molecule has 0 unspecified atom stereocenters. The number of thioether (sulfide) groups is 1. The van der Waals surface area contributed by atoms with Gasteiger partial charge < -0.3 is 5.11 Å². The highest BCUT2D eigenvalue weighted by Gasteiger charge is 1.97. The molecular weight excluding hydrogens is 150 g/mol. The predicted molar refractivity (Wildman–Crippen MR) is 38.1 cm³/mol. The van der Waals surface area contributed by atoms with Crippen LogP contribution in [0.4, 0.5) is 4.79 Å². The first-order valence-electron chi connectivity index (χ1n) is 2.60. The molecule has 1 N–H and O–H groups in total. The Labute approximate surface area is 62.1 Å². The Kier molecular flexibility index (Phi) is 2.28. The van der Waals surface area contributed by atoms with Gasteiger partial charge in [0.2, 0.25) is 0 Å². The van der Waals surface area contributed by atoms with Crippen LogP contribution in [-0.2, 0) is 0 Å². The second-order valence-corrected chi connectivity index (χ2v) is 2.58. The molecule has 0 amide bonds. The van der Waals surface area contributed by atoms with Crippen LogP contribution in [0.1, 0.15) is 0 Å². The maximum Gasteiger partial charge on any atom is 0.369 e. The van der Waals surface area contributed by atoms with E-state index in [1.54, 1.807) is 24.5 Å². The Balaban J connectivity index is 2.67. The van der Waals surface area contributed by atoms with E-state index >= 15 is 0 Å². The molecule has 4 heteroatoms. The minimum atomic E-state index is -0.897. The lowest BCUT2D eigenvalue weighted by Gasteiger charge is -1.91. The smallest absolute Gasteiger partial charge is 0.369 e. The van der Waals surface area contributed by atoms with Crippen LogP contribution < -0.4 is 0 Å². The second-order valence-electron chi connectivity index (χ2n) is 1.55. The van der Waals surface area contributed by atoms with E-state index in [1.165, 1.54) is 0 Å². The minimum absolute atomic E-state index is 0.697. The quantitative estimate of drug-likeness (QED) is 0.629. The molecule has 1 aromatic heterocycles. The highest BCUT2D eigenvalue weighted by molar-refractivity contribution is 8.13. The summed E-state index contributed by atoms with van der Waals surface area (Å²) in [5.74, 6) is 0. The Morgan fingerprint density at radius 3 is 2.60 bits per heavy atom. The second kappa shape index (κ2) is 3.22. The number of carboxylic acid groups (broad SMARTS) is 1. The summed E-state index contributed by atoms with van der Waals surface area (Å²) in [6.07, 6.45) is 3.12. The Morgan fingerprint density at radius 1 is 1.50 bits per heavy atom. The summed E-state index contributed by atoms with van der Waals surface area (Å²) in [5.41, 5.74) is 0. The third-order valence-electron chi connectivity index (χ3n) is 0.855. The van der Waals surface area contributed by atoms with E-state index in [0.29, 0.717) is 4.90 Å². The third kappa shape index (κ3) is 2.06. The molecule has 0 spiro atoms. The van der Waals surface area contributed by atoms with Gasteiger partial charge in [0.15, 0.2) is 0 Å². The standard InChI is InChI=1S/C6H5NO2S/c8-6(9)10-5-1-3-7-4-2-5/h1-4H,(H,8,9). The lowest BCUT2D eigenvalue weighted by Crippen LogP contribution is -1.82. The molecule has 0 saturated heterocycles. The van der Waals surface area contributed by atoms with Crippen LogP contribution in [0.2, 0.25) is 0 Å². The molecule has 3 nitrogen and oxygen atoms in total. The van der Waals surface area contributed by atoms with Gasteiger partial charge in [-0.3, -0.25) is 4.98 Å². The number of carbonyl (C=O) groups is 1. The molecule has 0 radical (unpaired) electrons. The molecular formula is C6H5NO2S. The number of hydrogen-bond acceptors (Lipinski definition) is 3. The van der Waals surface area contributed by atoms with Crippen molar-refractivity contribution in [2.75, 3.05) is 0 Å². The van der Waals surface area contributed by atoms with E-state index in [2.05, 4.69) is 4.98 Å². The first kappa shape index (κ1) is 7.08. The van der Waals surface area contributed by atoms with Gasteiger partial charge in [-0.25, -0.2) is 4.79 Å². The Morgan fingerprint density at radius 2 is 2.10 bits per heavy atom. The molecule has 0 aromatic carbocycles. The van der Waals surface area contributed by atoms with Crippen molar-refractivity contribution in [2.24, 2.45) is 0 Å². The molecule has 0 atom stereocenters. The molecule has 0 saturated carbocycles. The molecule has 0 bridgehead atoms. The third-order valence-corrected chi connectivity index (χ3v) is 1.54. The monoisotopic (exact) mass is 155 g/mol. The topological polar surface area (TPSA) is 50.2 Å². The molecule has 0 aliphatic rings. The lowest BCUT2D eigenvalue weighted by molar-refractivity contribution is 0.222. The van der Waals surface area contributed by atoms with Gasteiger partial charge in [0, 0.05) is 17.3 Å². The van der Waals surface area contributed by atoms with E-state index in [0.717, 1.165) is 11.8 Å². The van der Waals surface area contributed by atoms with Crippen molar-refractivity contribution in [2.45, 2.75) is 4.90 Å². The molecule has 52 valence electrons. The maximum atomic E-state index is 10.1. The summed E-state index contributed by atoms with van der Waals surface area (Å²) < 4.78 is 0. The van der Waals surface area contributed by atoms with Crippen LogP contribution in [0.5, 0.6) is 0 Å². The fourth-order valence-electron chi connectivity index (χ4n) is 0.507. The highest BCUT2D eigenvalue weighted by atomic mass is 32.2. The van der Waals surface area contributed by atoms with Gasteiger partial charge in [0.05, 0.1) is 0 Å². The van der Waals surface area contributed by atoms with Crippen molar-refractivity contribution in [3.8, 4) is 0 Å². The average molecular weight is 155 g/mol. The highest BCUT2D eigenvalue weighted by Crippen LogP contribution is 2.15. The van der Waals surface area contributed by atoms with Crippen molar-refractivity contribution in [3.63, 3.8) is 0 Å². The van der Waals surface area contributed by atoms with E-state index in [9.17, 15) is 4.79 Å². The number of aromatic nitrogens is 1. The van der Waals surface area contributed by atoms with E-state index in [1.807, 2.05) is 0 Å². The summed E-state index contributed by atoms with van der Waals surface area (Å²) in [6, 6.07) is 3.30. The van der Waals surface area contributed by atoms with Crippen molar-refractivity contribution < 1.29 is 9.90 Å². The summed E-state index contributed by atoms with van der Waals surface area (Å²) in [7, 11) is 0. The van der Waals surface area contributed by atoms with Gasteiger partial charge in [0.1, 0.15) is 0 Å². The van der Waals surface area contributed by atoms with E-state index in [-0.39, 0.29) is 0 Å². The fraction of sp³-hybridized carbons (Fsp3) is 0. The van der Waals surface area contributed by atoms with Gasteiger partial charge in [-0.05, 0) is 23.9 Å². The van der Waals surface area contributed by atoms with Crippen molar-refractivity contribution in [1.82, 2.24) is 4.98 Å². The summed E-state index contributed by atoms with van der Waals surface area (Å²) in [4.78, 5) is 14.6. The lowest BCUT2D eigenvalue weighted by atomic mass is 10.5. The van der Waals surface area contributed by atoms with E-state index in [4.69, 9.17) is 5.11 Å². The summed E-state index contributed by atoms with van der Waals surface area (Å²) >= 11 is 0.775. The SMILES string of the molecule is O=C(O)Sc1ccncc1. The van der Waals surface area contributed by atoms with Crippen LogP contribution in [-0.4, -0.2) is 15.4 Å². The fourth-order valence-corrected chi connectivity index (χ4v) is 0.967. The number of rotatable bonds is 1. The van der Waals surface area contributed by atoms with Crippen molar-refractivity contribution in [3.05, 3.63) is 24.5 Å². The van der Waals surface area contributed by atoms with Crippen LogP contribution >= 0.6 is 11.8 Å². The summed E-state index contributed by atoms with van der Waals surface area (Å²) in [5, 5.41) is 7.41. The van der Waals surface area contributed by atoms with Gasteiger partial charge in [-0.2, -0.15) is 0 Å². The molecule has 1 heterocycles. The first-order valence-corrected chi connectivity index (χ1v) is 3.41. The predicted octanol–water partition coefficient (Wildman–Crippen LogP) is 1.85. The summed E-state index contributed by atoms with van der Waals surface area (Å²) in [6.45, 7) is 0. The number of hydrogen-bond donors (Lipinski definition) is 1. The normalized spacial score (nSPS) is 9.20. The minimum Gasteiger partial charge on any atom is -0.473 e. The van der Waals surface area contributed by atoms with Crippen molar-refractivity contribution in [1.29, 1.82) is 0 Å². The molecule has 0 fully saturated rings. The van der Waals surface area contributed by atoms with Crippen LogP contribution in [0, 0.1) is 0 Å².